The molecule has 0 radical (unpaired) electrons. The molecule has 110 valence electrons. The second-order valence-electron chi connectivity index (χ2n) is 5.63. The van der Waals surface area contributed by atoms with Gasteiger partial charge in [0.05, 0.1) is 12.7 Å². The van der Waals surface area contributed by atoms with E-state index in [1.807, 2.05) is 0 Å². The van der Waals surface area contributed by atoms with Crippen molar-refractivity contribution in [2.75, 3.05) is 26.4 Å². The monoisotopic (exact) mass is 271 g/mol. The molecule has 2 N–H and O–H groups in total. The summed E-state index contributed by atoms with van der Waals surface area (Å²) >= 11 is 0. The molecule has 5 nitrogen and oxygen atoms in total. The molecule has 2 unspecified atom stereocenters. The Bertz CT molecular complexity index is 304. The normalized spacial score (nSPS) is 32.4. The standard InChI is InChI=1S/C14H25NO4/c1-2-18-13(16)14(15)6-3-12(9-14)19-10-11-4-7-17-8-5-11/h11-12H,2-10,15H2,1H3. The van der Waals surface area contributed by atoms with Gasteiger partial charge in [-0.25, -0.2) is 0 Å². The molecule has 1 saturated carbocycles. The van der Waals surface area contributed by atoms with Gasteiger partial charge >= 0.3 is 5.97 Å². The Morgan fingerprint density at radius 3 is 2.79 bits per heavy atom. The maximum Gasteiger partial charge on any atom is 0.326 e. The van der Waals surface area contributed by atoms with Gasteiger partial charge in [-0.05, 0) is 38.5 Å². The van der Waals surface area contributed by atoms with E-state index in [2.05, 4.69) is 0 Å². The van der Waals surface area contributed by atoms with Gasteiger partial charge in [-0.1, -0.05) is 0 Å². The van der Waals surface area contributed by atoms with Crippen LogP contribution in [0.15, 0.2) is 0 Å². The molecule has 1 saturated heterocycles. The van der Waals surface area contributed by atoms with Gasteiger partial charge in [0.2, 0.25) is 0 Å². The van der Waals surface area contributed by atoms with E-state index in [4.69, 9.17) is 19.9 Å². The average molecular weight is 271 g/mol. The van der Waals surface area contributed by atoms with Gasteiger partial charge in [-0.2, -0.15) is 0 Å². The second kappa shape index (κ2) is 6.68. The van der Waals surface area contributed by atoms with E-state index in [-0.39, 0.29) is 12.1 Å². The van der Waals surface area contributed by atoms with Gasteiger partial charge in [0.15, 0.2) is 0 Å². The summed E-state index contributed by atoms with van der Waals surface area (Å²) in [7, 11) is 0. The summed E-state index contributed by atoms with van der Waals surface area (Å²) < 4.78 is 16.3. The maximum atomic E-state index is 11.8. The predicted molar refractivity (Wildman–Crippen MR) is 70.7 cm³/mol. The molecule has 2 rings (SSSR count). The number of hydrogen-bond acceptors (Lipinski definition) is 5. The zero-order chi connectivity index (χ0) is 13.7. The summed E-state index contributed by atoms with van der Waals surface area (Å²) in [5.41, 5.74) is 5.28. The molecular weight excluding hydrogens is 246 g/mol. The third-order valence-corrected chi connectivity index (χ3v) is 4.09. The van der Waals surface area contributed by atoms with E-state index in [1.54, 1.807) is 6.92 Å². The van der Waals surface area contributed by atoms with Crippen LogP contribution in [0.2, 0.25) is 0 Å². The molecule has 2 aliphatic rings. The van der Waals surface area contributed by atoms with Gasteiger partial charge in [-0.15, -0.1) is 0 Å². The van der Waals surface area contributed by atoms with E-state index < -0.39 is 5.54 Å². The van der Waals surface area contributed by atoms with Crippen LogP contribution >= 0.6 is 0 Å². The number of rotatable bonds is 5. The summed E-state index contributed by atoms with van der Waals surface area (Å²) in [6.45, 7) is 4.61. The quantitative estimate of drug-likeness (QED) is 0.762. The van der Waals surface area contributed by atoms with Gasteiger partial charge in [0, 0.05) is 26.2 Å². The van der Waals surface area contributed by atoms with Crippen molar-refractivity contribution in [3.05, 3.63) is 0 Å². The van der Waals surface area contributed by atoms with E-state index >= 15 is 0 Å². The van der Waals surface area contributed by atoms with Crippen molar-refractivity contribution in [2.45, 2.75) is 50.7 Å². The van der Waals surface area contributed by atoms with Crippen molar-refractivity contribution < 1.29 is 19.0 Å². The smallest absolute Gasteiger partial charge is 0.326 e. The number of nitrogens with two attached hydrogens (primary N) is 1. The number of esters is 1. The lowest BCUT2D eigenvalue weighted by molar-refractivity contribution is -0.149. The molecule has 2 fully saturated rings. The highest BCUT2D eigenvalue weighted by Crippen LogP contribution is 2.31. The van der Waals surface area contributed by atoms with Crippen molar-refractivity contribution in [3.8, 4) is 0 Å². The Labute approximate surface area is 114 Å². The first-order valence-electron chi connectivity index (χ1n) is 7.29. The lowest BCUT2D eigenvalue weighted by Gasteiger charge is -2.24. The zero-order valence-electron chi connectivity index (χ0n) is 11.7. The van der Waals surface area contributed by atoms with Gasteiger partial charge in [0.25, 0.3) is 0 Å². The predicted octanol–water partition coefficient (Wildman–Crippen LogP) is 1.24. The molecule has 0 aromatic heterocycles. The molecular formula is C14H25NO4. The highest BCUT2D eigenvalue weighted by molar-refractivity contribution is 5.81. The van der Waals surface area contributed by atoms with Gasteiger partial charge in [0.1, 0.15) is 5.54 Å². The first-order valence-corrected chi connectivity index (χ1v) is 7.29. The minimum atomic E-state index is -0.837. The maximum absolute atomic E-state index is 11.8. The summed E-state index contributed by atoms with van der Waals surface area (Å²) in [4.78, 5) is 11.8. The van der Waals surface area contributed by atoms with Crippen molar-refractivity contribution in [2.24, 2.45) is 11.7 Å². The van der Waals surface area contributed by atoms with Crippen molar-refractivity contribution in [1.82, 2.24) is 0 Å². The summed E-state index contributed by atoms with van der Waals surface area (Å²) in [5, 5.41) is 0. The molecule has 0 spiro atoms. The van der Waals surface area contributed by atoms with Crippen molar-refractivity contribution in [3.63, 3.8) is 0 Å². The lowest BCUT2D eigenvalue weighted by Crippen LogP contribution is -2.47. The highest BCUT2D eigenvalue weighted by Gasteiger charge is 2.43. The van der Waals surface area contributed by atoms with Crippen LogP contribution in [0.25, 0.3) is 0 Å². The van der Waals surface area contributed by atoms with Gasteiger partial charge < -0.3 is 19.9 Å². The van der Waals surface area contributed by atoms with Crippen LogP contribution in [0, 0.1) is 5.92 Å². The molecule has 1 aliphatic heterocycles. The molecule has 0 amide bonds. The topological polar surface area (TPSA) is 70.8 Å². The summed E-state index contributed by atoms with van der Waals surface area (Å²) in [5.74, 6) is 0.302. The third kappa shape index (κ3) is 3.91. The number of carbonyl (C=O) groups excluding carboxylic acids is 1. The van der Waals surface area contributed by atoms with Crippen molar-refractivity contribution >= 4 is 5.97 Å². The van der Waals surface area contributed by atoms with Crippen LogP contribution in [0.3, 0.4) is 0 Å². The number of carbonyl (C=O) groups is 1. The molecule has 0 aromatic rings. The minimum absolute atomic E-state index is 0.0947. The number of ether oxygens (including phenoxy) is 3. The van der Waals surface area contributed by atoms with Crippen LogP contribution in [-0.2, 0) is 19.0 Å². The Morgan fingerprint density at radius 2 is 2.11 bits per heavy atom. The van der Waals surface area contributed by atoms with Crippen LogP contribution in [0.5, 0.6) is 0 Å². The highest BCUT2D eigenvalue weighted by atomic mass is 16.5. The Hall–Kier alpha value is -0.650. The second-order valence-corrected chi connectivity index (χ2v) is 5.63. The van der Waals surface area contributed by atoms with Crippen LogP contribution in [-0.4, -0.2) is 44.0 Å². The minimum Gasteiger partial charge on any atom is -0.465 e. The molecule has 0 aromatic carbocycles. The van der Waals surface area contributed by atoms with Crippen molar-refractivity contribution in [1.29, 1.82) is 0 Å². The molecule has 1 heterocycles. The fraction of sp³-hybridized carbons (Fsp3) is 0.929. The molecule has 5 heteroatoms. The largest absolute Gasteiger partial charge is 0.465 e. The van der Waals surface area contributed by atoms with E-state index in [9.17, 15) is 4.79 Å². The molecule has 0 bridgehead atoms. The molecule has 1 aliphatic carbocycles. The third-order valence-electron chi connectivity index (χ3n) is 4.09. The SMILES string of the molecule is CCOC(=O)C1(N)CCC(OCC2CCOCC2)C1. The average Bonchev–Trinajstić information content (AvgIpc) is 2.81. The van der Waals surface area contributed by atoms with E-state index in [0.29, 0.717) is 25.4 Å². The number of hydrogen-bond donors (Lipinski definition) is 1. The molecule has 2 atom stereocenters. The van der Waals surface area contributed by atoms with Crippen LogP contribution in [0.1, 0.15) is 39.0 Å². The molecule has 19 heavy (non-hydrogen) atoms. The van der Waals surface area contributed by atoms with E-state index in [1.165, 1.54) is 0 Å². The first-order chi connectivity index (χ1) is 9.14. The first kappa shape index (κ1) is 14.8. The van der Waals surface area contributed by atoms with Gasteiger partial charge in [-0.3, -0.25) is 4.79 Å². The summed E-state index contributed by atoms with van der Waals surface area (Å²) in [6, 6.07) is 0. The van der Waals surface area contributed by atoms with Crippen LogP contribution in [0.4, 0.5) is 0 Å². The fourth-order valence-corrected chi connectivity index (χ4v) is 2.82. The Kier molecular flexibility index (Phi) is 5.19. The summed E-state index contributed by atoms with van der Waals surface area (Å²) in [6.07, 6.45) is 4.31. The van der Waals surface area contributed by atoms with Crippen LogP contribution < -0.4 is 5.73 Å². The fourth-order valence-electron chi connectivity index (χ4n) is 2.82. The Morgan fingerprint density at radius 1 is 1.37 bits per heavy atom. The van der Waals surface area contributed by atoms with E-state index in [0.717, 1.165) is 39.1 Å². The lowest BCUT2D eigenvalue weighted by atomic mass is 9.99. The zero-order valence-corrected chi connectivity index (χ0v) is 11.7. The Balaban J connectivity index is 1.73.